The number of hydrogen-bond acceptors (Lipinski definition) is 3. The summed E-state index contributed by atoms with van der Waals surface area (Å²) in [5.74, 6) is -0.556. The summed E-state index contributed by atoms with van der Waals surface area (Å²) in [6.07, 6.45) is 0.656. The molecule has 0 radical (unpaired) electrons. The smallest absolute Gasteiger partial charge is 0.313 e. The van der Waals surface area contributed by atoms with Crippen LogP contribution in [0.15, 0.2) is 59.4 Å². The van der Waals surface area contributed by atoms with Crippen molar-refractivity contribution in [3.63, 3.8) is 0 Å². The van der Waals surface area contributed by atoms with Gasteiger partial charge in [-0.3, -0.25) is 9.59 Å². The number of fused-ring (bicyclic) bond motifs is 2. The van der Waals surface area contributed by atoms with Crippen molar-refractivity contribution in [2.24, 2.45) is 0 Å². The average Bonchev–Trinajstić information content (AvgIpc) is 2.73. The van der Waals surface area contributed by atoms with E-state index < -0.39 is 0 Å². The van der Waals surface area contributed by atoms with Crippen LogP contribution in [0.1, 0.15) is 24.8 Å². The second-order valence-electron chi connectivity index (χ2n) is 5.58. The minimum Gasteiger partial charge on any atom is -0.469 e. The fraction of sp³-hybridized carbons (Fsp3) is 0.200. The lowest BCUT2D eigenvalue weighted by molar-refractivity contribution is -0.142. The minimum atomic E-state index is -0.306. The highest BCUT2D eigenvalue weighted by Crippen LogP contribution is 2.25. The second-order valence-corrected chi connectivity index (χ2v) is 5.58. The lowest BCUT2D eigenvalue weighted by Crippen LogP contribution is -2.13. The molecule has 0 bridgehead atoms. The van der Waals surface area contributed by atoms with E-state index in [4.69, 9.17) is 4.74 Å². The highest BCUT2D eigenvalue weighted by atomic mass is 16.5. The molecule has 0 amide bonds. The Morgan fingerprint density at radius 2 is 1.70 bits per heavy atom. The lowest BCUT2D eigenvalue weighted by atomic mass is 9.94. The number of carbonyl (C=O) groups excluding carboxylic acids is 1. The Bertz CT molecular complexity index is 944. The zero-order chi connectivity index (χ0) is 16.4. The van der Waals surface area contributed by atoms with E-state index in [1.165, 1.54) is 7.11 Å². The van der Waals surface area contributed by atoms with Gasteiger partial charge in [0.05, 0.1) is 13.0 Å². The highest BCUT2D eigenvalue weighted by molar-refractivity contribution is 5.94. The normalized spacial score (nSPS) is 12.3. The number of rotatable bonds is 3. The molecule has 0 spiro atoms. The quantitative estimate of drug-likeness (QED) is 0.686. The number of methoxy groups -OCH3 is 1. The Morgan fingerprint density at radius 1 is 1.00 bits per heavy atom. The van der Waals surface area contributed by atoms with E-state index in [-0.39, 0.29) is 17.3 Å². The topological polar surface area (TPSA) is 43.4 Å². The first-order valence-corrected chi connectivity index (χ1v) is 7.69. The van der Waals surface area contributed by atoms with Gasteiger partial charge < -0.3 is 4.74 Å². The summed E-state index contributed by atoms with van der Waals surface area (Å²) in [7, 11) is 1.40. The Kier molecular flexibility index (Phi) is 4.11. The Balaban J connectivity index is 2.27. The van der Waals surface area contributed by atoms with Gasteiger partial charge in [0.15, 0.2) is 5.43 Å². The molecule has 0 N–H and O–H groups in total. The van der Waals surface area contributed by atoms with E-state index in [9.17, 15) is 9.59 Å². The standard InChI is InChI=1S/C20H18O3/c1-3-16(20(22)23-2)14-10-11-18-15(12-14)9-8-13-6-4-5-7-17(13)19(18)21/h4-12,16H,3H2,1-2H3. The largest absolute Gasteiger partial charge is 0.469 e. The molecule has 3 rings (SSSR count). The van der Waals surface area contributed by atoms with Gasteiger partial charge in [0, 0.05) is 10.8 Å². The van der Waals surface area contributed by atoms with Crippen molar-refractivity contribution < 1.29 is 9.53 Å². The summed E-state index contributed by atoms with van der Waals surface area (Å²) >= 11 is 0. The molecule has 0 saturated heterocycles. The number of benzene rings is 2. The van der Waals surface area contributed by atoms with Crippen LogP contribution in [0.5, 0.6) is 0 Å². The molecule has 0 aliphatic rings. The molecular formula is C20H18O3. The number of hydrogen-bond donors (Lipinski definition) is 0. The van der Waals surface area contributed by atoms with Crippen LogP contribution in [0.2, 0.25) is 0 Å². The molecule has 0 fully saturated rings. The van der Waals surface area contributed by atoms with E-state index in [1.807, 2.05) is 61.5 Å². The van der Waals surface area contributed by atoms with Crippen LogP contribution in [0.3, 0.4) is 0 Å². The fourth-order valence-electron chi connectivity index (χ4n) is 3.00. The number of esters is 1. The minimum absolute atomic E-state index is 0.0123. The first kappa shape index (κ1) is 15.2. The summed E-state index contributed by atoms with van der Waals surface area (Å²) in [4.78, 5) is 24.7. The summed E-state index contributed by atoms with van der Waals surface area (Å²) in [6, 6.07) is 17.0. The molecule has 116 valence electrons. The van der Waals surface area contributed by atoms with Crippen LogP contribution in [0, 0.1) is 0 Å². The molecule has 0 heterocycles. The van der Waals surface area contributed by atoms with Crippen LogP contribution in [0.4, 0.5) is 0 Å². The van der Waals surface area contributed by atoms with Gasteiger partial charge in [0.25, 0.3) is 0 Å². The Hall–Kier alpha value is -2.68. The van der Waals surface area contributed by atoms with Crippen molar-refractivity contribution in [3.05, 3.63) is 70.4 Å². The zero-order valence-electron chi connectivity index (χ0n) is 13.2. The SMILES string of the molecule is CCC(C(=O)OC)c1ccc2c(=O)c3ccccc3ccc2c1. The van der Waals surface area contributed by atoms with Crippen molar-refractivity contribution in [2.75, 3.05) is 7.11 Å². The molecule has 3 aromatic rings. The first-order valence-electron chi connectivity index (χ1n) is 7.69. The molecule has 1 atom stereocenters. The van der Waals surface area contributed by atoms with Gasteiger partial charge >= 0.3 is 5.97 Å². The van der Waals surface area contributed by atoms with E-state index in [2.05, 4.69) is 0 Å². The highest BCUT2D eigenvalue weighted by Gasteiger charge is 2.19. The van der Waals surface area contributed by atoms with Crippen molar-refractivity contribution in [1.82, 2.24) is 0 Å². The third-order valence-electron chi connectivity index (χ3n) is 4.26. The van der Waals surface area contributed by atoms with E-state index in [0.29, 0.717) is 17.2 Å². The molecule has 3 heteroatoms. The van der Waals surface area contributed by atoms with E-state index in [0.717, 1.165) is 16.3 Å². The van der Waals surface area contributed by atoms with Crippen LogP contribution < -0.4 is 5.43 Å². The van der Waals surface area contributed by atoms with Gasteiger partial charge in [-0.15, -0.1) is 0 Å². The van der Waals surface area contributed by atoms with Gasteiger partial charge in [0.2, 0.25) is 0 Å². The van der Waals surface area contributed by atoms with Crippen LogP contribution in [-0.4, -0.2) is 13.1 Å². The third kappa shape index (κ3) is 2.70. The summed E-state index contributed by atoms with van der Waals surface area (Å²) in [5, 5.41) is 3.12. The summed E-state index contributed by atoms with van der Waals surface area (Å²) < 4.78 is 4.87. The van der Waals surface area contributed by atoms with Crippen LogP contribution in [-0.2, 0) is 9.53 Å². The average molecular weight is 306 g/mol. The van der Waals surface area contributed by atoms with E-state index >= 15 is 0 Å². The van der Waals surface area contributed by atoms with Crippen molar-refractivity contribution in [3.8, 4) is 0 Å². The Morgan fingerprint density at radius 3 is 2.43 bits per heavy atom. The fourth-order valence-corrected chi connectivity index (χ4v) is 3.00. The van der Waals surface area contributed by atoms with Gasteiger partial charge in [-0.2, -0.15) is 0 Å². The van der Waals surface area contributed by atoms with Gasteiger partial charge in [-0.25, -0.2) is 0 Å². The summed E-state index contributed by atoms with van der Waals surface area (Å²) in [6.45, 7) is 1.95. The molecule has 0 aliphatic heterocycles. The molecule has 3 aromatic carbocycles. The second kappa shape index (κ2) is 6.21. The predicted molar refractivity (Wildman–Crippen MR) is 92.8 cm³/mol. The zero-order valence-corrected chi connectivity index (χ0v) is 13.2. The molecular weight excluding hydrogens is 288 g/mol. The molecule has 1 unspecified atom stereocenters. The van der Waals surface area contributed by atoms with Crippen molar-refractivity contribution in [2.45, 2.75) is 19.3 Å². The van der Waals surface area contributed by atoms with Crippen molar-refractivity contribution in [1.29, 1.82) is 0 Å². The maximum absolute atomic E-state index is 12.7. The molecule has 0 saturated carbocycles. The molecule has 3 nitrogen and oxygen atoms in total. The molecule has 0 aromatic heterocycles. The van der Waals surface area contributed by atoms with Gasteiger partial charge in [-0.1, -0.05) is 61.5 Å². The van der Waals surface area contributed by atoms with Crippen LogP contribution >= 0.6 is 0 Å². The molecule has 0 aliphatic carbocycles. The lowest BCUT2D eigenvalue weighted by Gasteiger charge is -2.12. The number of ether oxygens (including phenoxy) is 1. The molecule has 23 heavy (non-hydrogen) atoms. The maximum Gasteiger partial charge on any atom is 0.313 e. The maximum atomic E-state index is 12.7. The van der Waals surface area contributed by atoms with Crippen molar-refractivity contribution >= 4 is 27.5 Å². The monoisotopic (exact) mass is 306 g/mol. The van der Waals surface area contributed by atoms with Crippen LogP contribution in [0.25, 0.3) is 21.5 Å². The number of carbonyl (C=O) groups is 1. The third-order valence-corrected chi connectivity index (χ3v) is 4.26. The van der Waals surface area contributed by atoms with Gasteiger partial charge in [0.1, 0.15) is 0 Å². The van der Waals surface area contributed by atoms with E-state index in [1.54, 1.807) is 0 Å². The predicted octanol–water partition coefficient (Wildman–Crippen LogP) is 4.02. The summed E-state index contributed by atoms with van der Waals surface area (Å²) in [5.41, 5.74) is 0.889. The first-order chi connectivity index (χ1) is 11.2. The Labute approximate surface area is 134 Å². The van der Waals surface area contributed by atoms with Gasteiger partial charge in [-0.05, 0) is 22.8 Å².